The lowest BCUT2D eigenvalue weighted by Crippen LogP contribution is -2.32. The first-order valence-electron chi connectivity index (χ1n) is 10.6. The van der Waals surface area contributed by atoms with E-state index in [-0.39, 0.29) is 11.9 Å². The lowest BCUT2D eigenvalue weighted by atomic mass is 9.88. The fourth-order valence-electron chi connectivity index (χ4n) is 4.03. The van der Waals surface area contributed by atoms with Crippen LogP contribution in [0, 0.1) is 0 Å². The summed E-state index contributed by atoms with van der Waals surface area (Å²) >= 11 is 0. The van der Waals surface area contributed by atoms with Crippen LogP contribution in [0.4, 0.5) is 5.69 Å². The minimum atomic E-state index is -0.00859. The maximum atomic E-state index is 11.3. The SMILES string of the molecule is CC(=O)NC(C)c1ccc(C2CCN(c3ccnc(Oc4cncnc4)c3)CC2)cc1. The van der Waals surface area contributed by atoms with Gasteiger partial charge in [0, 0.05) is 38.0 Å². The number of aromatic nitrogens is 3. The van der Waals surface area contributed by atoms with E-state index in [1.54, 1.807) is 25.5 Å². The van der Waals surface area contributed by atoms with E-state index in [0.29, 0.717) is 17.5 Å². The van der Waals surface area contributed by atoms with Crippen molar-refractivity contribution in [2.45, 2.75) is 38.6 Å². The van der Waals surface area contributed by atoms with Gasteiger partial charge in [-0.1, -0.05) is 24.3 Å². The van der Waals surface area contributed by atoms with Crippen LogP contribution in [0.15, 0.2) is 61.3 Å². The average molecular weight is 418 g/mol. The number of hydrogen-bond acceptors (Lipinski definition) is 6. The van der Waals surface area contributed by atoms with Crippen LogP contribution >= 0.6 is 0 Å². The predicted molar refractivity (Wildman–Crippen MR) is 119 cm³/mol. The van der Waals surface area contributed by atoms with E-state index in [0.717, 1.165) is 37.2 Å². The van der Waals surface area contributed by atoms with Crippen molar-refractivity contribution >= 4 is 11.6 Å². The van der Waals surface area contributed by atoms with E-state index in [1.165, 1.54) is 11.9 Å². The van der Waals surface area contributed by atoms with Gasteiger partial charge in [0.1, 0.15) is 6.33 Å². The molecule has 2 aromatic heterocycles. The molecule has 1 amide bonds. The van der Waals surface area contributed by atoms with Crippen LogP contribution < -0.4 is 15.0 Å². The van der Waals surface area contributed by atoms with Crippen molar-refractivity contribution in [2.75, 3.05) is 18.0 Å². The maximum absolute atomic E-state index is 11.3. The van der Waals surface area contributed by atoms with Gasteiger partial charge in [-0.05, 0) is 42.9 Å². The molecule has 0 bridgehead atoms. The molecule has 1 aromatic carbocycles. The summed E-state index contributed by atoms with van der Waals surface area (Å²) in [5, 5.41) is 2.93. The number of nitrogens with zero attached hydrogens (tertiary/aromatic N) is 4. The van der Waals surface area contributed by atoms with Crippen molar-refractivity contribution in [1.82, 2.24) is 20.3 Å². The molecule has 0 radical (unpaired) electrons. The summed E-state index contributed by atoms with van der Waals surface area (Å²) in [4.78, 5) is 25.9. The Bertz CT molecular complexity index is 1000. The number of carbonyl (C=O) groups excluding carboxylic acids is 1. The minimum absolute atomic E-state index is 0.00859. The second kappa shape index (κ2) is 9.55. The fraction of sp³-hybridized carbons (Fsp3) is 0.333. The largest absolute Gasteiger partial charge is 0.436 e. The molecule has 3 aromatic rings. The van der Waals surface area contributed by atoms with Gasteiger partial charge in [0.2, 0.25) is 11.8 Å². The van der Waals surface area contributed by atoms with E-state index in [9.17, 15) is 4.79 Å². The Morgan fingerprint density at radius 2 is 1.84 bits per heavy atom. The molecule has 3 heterocycles. The average Bonchev–Trinajstić information content (AvgIpc) is 2.80. The molecular formula is C24H27N5O2. The number of amides is 1. The molecular weight excluding hydrogens is 390 g/mol. The van der Waals surface area contributed by atoms with Crippen LogP contribution in [0.3, 0.4) is 0 Å². The van der Waals surface area contributed by atoms with Crippen molar-refractivity contribution in [3.8, 4) is 11.6 Å². The summed E-state index contributed by atoms with van der Waals surface area (Å²) in [6.45, 7) is 5.51. The van der Waals surface area contributed by atoms with E-state index < -0.39 is 0 Å². The zero-order valence-corrected chi connectivity index (χ0v) is 17.9. The fourth-order valence-corrected chi connectivity index (χ4v) is 4.03. The van der Waals surface area contributed by atoms with Crippen molar-refractivity contribution in [1.29, 1.82) is 0 Å². The van der Waals surface area contributed by atoms with Gasteiger partial charge in [0.05, 0.1) is 18.4 Å². The van der Waals surface area contributed by atoms with E-state index in [1.807, 2.05) is 19.1 Å². The molecule has 160 valence electrons. The van der Waals surface area contributed by atoms with Crippen LogP contribution in [-0.4, -0.2) is 33.9 Å². The lowest BCUT2D eigenvalue weighted by Gasteiger charge is -2.34. The normalized spacial score (nSPS) is 15.4. The molecule has 31 heavy (non-hydrogen) atoms. The van der Waals surface area contributed by atoms with E-state index in [4.69, 9.17) is 4.74 Å². The lowest BCUT2D eigenvalue weighted by molar-refractivity contribution is -0.119. The molecule has 1 aliphatic rings. The molecule has 1 atom stereocenters. The van der Waals surface area contributed by atoms with E-state index >= 15 is 0 Å². The zero-order valence-electron chi connectivity index (χ0n) is 17.9. The number of benzene rings is 1. The Balaban J connectivity index is 1.35. The second-order valence-corrected chi connectivity index (χ2v) is 7.88. The molecule has 1 N–H and O–H groups in total. The number of anilines is 1. The Hall–Kier alpha value is -3.48. The summed E-state index contributed by atoms with van der Waals surface area (Å²) in [6, 6.07) is 12.7. The summed E-state index contributed by atoms with van der Waals surface area (Å²) < 4.78 is 5.77. The van der Waals surface area contributed by atoms with Crippen molar-refractivity contribution in [3.63, 3.8) is 0 Å². The quantitative estimate of drug-likeness (QED) is 0.646. The number of ether oxygens (including phenoxy) is 1. The molecule has 1 unspecified atom stereocenters. The van der Waals surface area contributed by atoms with Crippen molar-refractivity contribution in [3.05, 3.63) is 72.4 Å². The number of piperidine rings is 1. The van der Waals surface area contributed by atoms with Crippen LogP contribution in [-0.2, 0) is 4.79 Å². The number of pyridine rings is 1. The third-order valence-corrected chi connectivity index (χ3v) is 5.67. The number of nitrogens with one attached hydrogen (secondary N) is 1. The Morgan fingerprint density at radius 3 is 2.52 bits per heavy atom. The first kappa shape index (κ1) is 20.8. The standard InChI is InChI=1S/C24H27N5O2/c1-17(28-18(2)30)19-3-5-20(6-4-19)21-8-11-29(12-9-21)22-7-10-27-24(13-22)31-23-14-25-16-26-15-23/h3-7,10,13-17,21H,8-9,11-12H2,1-2H3,(H,28,30). The number of hydrogen-bond donors (Lipinski definition) is 1. The summed E-state index contributed by atoms with van der Waals surface area (Å²) in [5.74, 6) is 1.64. The first-order chi connectivity index (χ1) is 15.1. The second-order valence-electron chi connectivity index (χ2n) is 7.88. The highest BCUT2D eigenvalue weighted by Crippen LogP contribution is 2.32. The number of carbonyl (C=O) groups is 1. The Labute approximate surface area is 182 Å². The summed E-state index contributed by atoms with van der Waals surface area (Å²) in [6.07, 6.45) is 8.66. The number of rotatable bonds is 6. The molecule has 0 spiro atoms. The van der Waals surface area contributed by atoms with Gasteiger partial charge in [-0.15, -0.1) is 0 Å². The Kier molecular flexibility index (Phi) is 6.40. The van der Waals surface area contributed by atoms with Gasteiger partial charge >= 0.3 is 0 Å². The highest BCUT2D eigenvalue weighted by molar-refractivity contribution is 5.73. The van der Waals surface area contributed by atoms with Gasteiger partial charge in [0.25, 0.3) is 0 Å². The monoisotopic (exact) mass is 417 g/mol. The molecule has 1 fully saturated rings. The van der Waals surface area contributed by atoms with Crippen LogP contribution in [0.1, 0.15) is 49.8 Å². The summed E-state index contributed by atoms with van der Waals surface area (Å²) in [7, 11) is 0. The Morgan fingerprint density at radius 1 is 1.13 bits per heavy atom. The van der Waals surface area contributed by atoms with Crippen LogP contribution in [0.5, 0.6) is 11.6 Å². The smallest absolute Gasteiger partial charge is 0.221 e. The third-order valence-electron chi connectivity index (χ3n) is 5.67. The van der Waals surface area contributed by atoms with Gasteiger partial charge in [-0.2, -0.15) is 0 Å². The molecule has 7 nitrogen and oxygen atoms in total. The van der Waals surface area contributed by atoms with Gasteiger partial charge in [-0.25, -0.2) is 15.0 Å². The zero-order chi connectivity index (χ0) is 21.6. The summed E-state index contributed by atoms with van der Waals surface area (Å²) in [5.41, 5.74) is 3.60. The van der Waals surface area contributed by atoms with Crippen molar-refractivity contribution < 1.29 is 9.53 Å². The van der Waals surface area contributed by atoms with Gasteiger partial charge in [0.15, 0.2) is 5.75 Å². The molecule has 0 aliphatic carbocycles. The molecule has 4 rings (SSSR count). The molecule has 0 saturated carbocycles. The molecule has 1 aliphatic heterocycles. The van der Waals surface area contributed by atoms with Crippen molar-refractivity contribution in [2.24, 2.45) is 0 Å². The molecule has 7 heteroatoms. The van der Waals surface area contributed by atoms with Crippen LogP contribution in [0.25, 0.3) is 0 Å². The van der Waals surface area contributed by atoms with Crippen LogP contribution in [0.2, 0.25) is 0 Å². The van der Waals surface area contributed by atoms with Gasteiger partial charge < -0.3 is 15.0 Å². The molecule has 1 saturated heterocycles. The topological polar surface area (TPSA) is 80.2 Å². The third kappa shape index (κ3) is 5.36. The maximum Gasteiger partial charge on any atom is 0.221 e. The highest BCUT2D eigenvalue weighted by Gasteiger charge is 2.21. The van der Waals surface area contributed by atoms with Gasteiger partial charge in [-0.3, -0.25) is 4.79 Å². The predicted octanol–water partition coefficient (Wildman–Crippen LogP) is 4.25. The minimum Gasteiger partial charge on any atom is -0.436 e. The highest BCUT2D eigenvalue weighted by atomic mass is 16.5. The van der Waals surface area contributed by atoms with E-state index in [2.05, 4.69) is 49.4 Å². The first-order valence-corrected chi connectivity index (χ1v) is 10.6.